The van der Waals surface area contributed by atoms with Gasteiger partial charge in [0.1, 0.15) is 12.1 Å². The Labute approximate surface area is 110 Å². The summed E-state index contributed by atoms with van der Waals surface area (Å²) in [7, 11) is 0. The number of ether oxygens (including phenoxy) is 1. The zero-order valence-electron chi connectivity index (χ0n) is 10.6. The minimum absolute atomic E-state index is 0.182. The minimum Gasteiger partial charge on any atom is -0.479 e. The highest BCUT2D eigenvalue weighted by Crippen LogP contribution is 2.20. The number of hydrogen-bond donors (Lipinski definition) is 3. The Bertz CT molecular complexity index is 384. The number of carbonyl (C=O) groups is 3. The van der Waals surface area contributed by atoms with Crippen LogP contribution < -0.4 is 10.6 Å². The van der Waals surface area contributed by atoms with Gasteiger partial charge in [-0.1, -0.05) is 0 Å². The van der Waals surface area contributed by atoms with Crippen molar-refractivity contribution in [1.82, 2.24) is 10.6 Å². The first-order valence-corrected chi connectivity index (χ1v) is 6.54. The van der Waals surface area contributed by atoms with Crippen LogP contribution >= 0.6 is 0 Å². The van der Waals surface area contributed by atoms with Gasteiger partial charge in [-0.05, 0) is 32.1 Å². The molecule has 2 heterocycles. The van der Waals surface area contributed by atoms with E-state index in [-0.39, 0.29) is 5.91 Å². The van der Waals surface area contributed by atoms with Crippen molar-refractivity contribution in [2.24, 2.45) is 0 Å². The molecule has 2 aliphatic rings. The maximum absolute atomic E-state index is 11.9. The van der Waals surface area contributed by atoms with Gasteiger partial charge in [-0.15, -0.1) is 0 Å². The predicted molar refractivity (Wildman–Crippen MR) is 64.3 cm³/mol. The lowest BCUT2D eigenvalue weighted by Crippen LogP contribution is -2.48. The highest BCUT2D eigenvalue weighted by atomic mass is 16.5. The van der Waals surface area contributed by atoms with Gasteiger partial charge in [0.05, 0.1) is 0 Å². The van der Waals surface area contributed by atoms with Crippen molar-refractivity contribution in [2.45, 2.75) is 50.4 Å². The Morgan fingerprint density at radius 2 is 1.95 bits per heavy atom. The lowest BCUT2D eigenvalue weighted by Gasteiger charge is -2.18. The first-order chi connectivity index (χ1) is 9.08. The van der Waals surface area contributed by atoms with Gasteiger partial charge < -0.3 is 20.5 Å². The summed E-state index contributed by atoms with van der Waals surface area (Å²) < 4.78 is 5.15. The SMILES string of the molecule is O=C1NCCCCC1NC(=O)[C@@H]1CC[C@H](C(=O)O)O1. The molecular formula is C12H18N2O5. The van der Waals surface area contributed by atoms with Crippen molar-refractivity contribution in [2.75, 3.05) is 6.54 Å². The average Bonchev–Trinajstić information content (AvgIpc) is 2.78. The number of amides is 2. The smallest absolute Gasteiger partial charge is 0.332 e. The molecule has 2 saturated heterocycles. The van der Waals surface area contributed by atoms with E-state index in [9.17, 15) is 14.4 Å². The van der Waals surface area contributed by atoms with Gasteiger partial charge in [0.2, 0.25) is 11.8 Å². The normalized spacial score (nSPS) is 31.4. The molecule has 3 N–H and O–H groups in total. The maximum Gasteiger partial charge on any atom is 0.332 e. The molecular weight excluding hydrogens is 252 g/mol. The molecule has 0 bridgehead atoms. The summed E-state index contributed by atoms with van der Waals surface area (Å²) in [5.41, 5.74) is 0. The summed E-state index contributed by atoms with van der Waals surface area (Å²) in [6, 6.07) is -0.539. The summed E-state index contributed by atoms with van der Waals surface area (Å²) in [5.74, 6) is -1.63. The Hall–Kier alpha value is -1.63. The molecule has 0 aromatic carbocycles. The number of carboxylic acid groups (broad SMARTS) is 1. The molecule has 0 aromatic heterocycles. The summed E-state index contributed by atoms with van der Waals surface area (Å²) >= 11 is 0. The van der Waals surface area contributed by atoms with E-state index in [4.69, 9.17) is 9.84 Å². The molecule has 7 heteroatoms. The van der Waals surface area contributed by atoms with Crippen LogP contribution in [0.3, 0.4) is 0 Å². The van der Waals surface area contributed by atoms with Crippen LogP contribution in [0.4, 0.5) is 0 Å². The number of hydrogen-bond acceptors (Lipinski definition) is 4. The molecule has 2 amide bonds. The van der Waals surface area contributed by atoms with Crippen LogP contribution in [0.1, 0.15) is 32.1 Å². The average molecular weight is 270 g/mol. The molecule has 106 valence electrons. The molecule has 2 rings (SSSR count). The summed E-state index contributed by atoms with van der Waals surface area (Å²) in [4.78, 5) is 34.3. The first kappa shape index (κ1) is 13.8. The third-order valence-corrected chi connectivity index (χ3v) is 3.44. The zero-order chi connectivity index (χ0) is 13.8. The predicted octanol–water partition coefficient (Wildman–Crippen LogP) is -0.596. The van der Waals surface area contributed by atoms with Crippen molar-refractivity contribution >= 4 is 17.8 Å². The number of nitrogens with one attached hydrogen (secondary N) is 2. The molecule has 0 aliphatic carbocycles. The van der Waals surface area contributed by atoms with E-state index < -0.39 is 30.1 Å². The second-order valence-corrected chi connectivity index (χ2v) is 4.88. The zero-order valence-corrected chi connectivity index (χ0v) is 10.6. The Balaban J connectivity index is 1.87. The first-order valence-electron chi connectivity index (χ1n) is 6.54. The Kier molecular flexibility index (Phi) is 4.36. The third-order valence-electron chi connectivity index (χ3n) is 3.44. The van der Waals surface area contributed by atoms with Crippen LogP contribution in [0.25, 0.3) is 0 Å². The topological polar surface area (TPSA) is 105 Å². The number of carbonyl (C=O) groups excluding carboxylic acids is 2. The maximum atomic E-state index is 11.9. The fourth-order valence-electron chi connectivity index (χ4n) is 2.35. The monoisotopic (exact) mass is 270 g/mol. The summed E-state index contributed by atoms with van der Waals surface area (Å²) in [6.07, 6.45) is 1.39. The number of aliphatic carboxylic acids is 1. The van der Waals surface area contributed by atoms with Gasteiger partial charge in [0.15, 0.2) is 6.10 Å². The summed E-state index contributed by atoms with van der Waals surface area (Å²) in [5, 5.41) is 14.2. The molecule has 0 spiro atoms. The van der Waals surface area contributed by atoms with Gasteiger partial charge in [-0.25, -0.2) is 4.79 Å². The van der Waals surface area contributed by atoms with Crippen molar-refractivity contribution in [3.05, 3.63) is 0 Å². The van der Waals surface area contributed by atoms with Crippen LogP contribution in [0.2, 0.25) is 0 Å². The van der Waals surface area contributed by atoms with Crippen LogP contribution in [0, 0.1) is 0 Å². The number of carboxylic acids is 1. The number of rotatable bonds is 3. The lowest BCUT2D eigenvalue weighted by atomic mass is 10.1. The third kappa shape index (κ3) is 3.44. The van der Waals surface area contributed by atoms with Crippen LogP contribution in [-0.2, 0) is 19.1 Å². The second-order valence-electron chi connectivity index (χ2n) is 4.88. The van der Waals surface area contributed by atoms with Crippen LogP contribution in [0.5, 0.6) is 0 Å². The van der Waals surface area contributed by atoms with Gasteiger partial charge in [-0.3, -0.25) is 9.59 Å². The summed E-state index contributed by atoms with van der Waals surface area (Å²) in [6.45, 7) is 0.631. The fraction of sp³-hybridized carbons (Fsp3) is 0.750. The molecule has 7 nitrogen and oxygen atoms in total. The van der Waals surface area contributed by atoms with E-state index in [0.717, 1.165) is 12.8 Å². The van der Waals surface area contributed by atoms with Crippen LogP contribution in [-0.4, -0.2) is 47.7 Å². The lowest BCUT2D eigenvalue weighted by molar-refractivity contribution is -0.152. The largest absolute Gasteiger partial charge is 0.479 e. The Morgan fingerprint density at radius 3 is 2.63 bits per heavy atom. The highest BCUT2D eigenvalue weighted by Gasteiger charge is 2.36. The van der Waals surface area contributed by atoms with Gasteiger partial charge in [0.25, 0.3) is 0 Å². The van der Waals surface area contributed by atoms with Crippen molar-refractivity contribution in [1.29, 1.82) is 0 Å². The molecule has 3 atom stereocenters. The van der Waals surface area contributed by atoms with Crippen LogP contribution in [0.15, 0.2) is 0 Å². The van der Waals surface area contributed by atoms with E-state index in [0.29, 0.717) is 25.8 Å². The van der Waals surface area contributed by atoms with E-state index in [2.05, 4.69) is 10.6 Å². The minimum atomic E-state index is -1.05. The molecule has 0 radical (unpaired) electrons. The molecule has 1 unspecified atom stereocenters. The molecule has 2 fully saturated rings. The van der Waals surface area contributed by atoms with Crippen molar-refractivity contribution < 1.29 is 24.2 Å². The molecule has 2 aliphatic heterocycles. The van der Waals surface area contributed by atoms with E-state index in [1.807, 2.05) is 0 Å². The molecule has 19 heavy (non-hydrogen) atoms. The van der Waals surface area contributed by atoms with Gasteiger partial charge >= 0.3 is 5.97 Å². The van der Waals surface area contributed by atoms with Crippen molar-refractivity contribution in [3.8, 4) is 0 Å². The highest BCUT2D eigenvalue weighted by molar-refractivity contribution is 5.90. The van der Waals surface area contributed by atoms with Crippen molar-refractivity contribution in [3.63, 3.8) is 0 Å². The van der Waals surface area contributed by atoms with E-state index in [1.165, 1.54) is 0 Å². The van der Waals surface area contributed by atoms with Gasteiger partial charge in [0, 0.05) is 6.54 Å². The molecule has 0 aromatic rings. The Morgan fingerprint density at radius 1 is 1.21 bits per heavy atom. The fourth-order valence-corrected chi connectivity index (χ4v) is 2.35. The molecule has 0 saturated carbocycles. The van der Waals surface area contributed by atoms with E-state index in [1.54, 1.807) is 0 Å². The van der Waals surface area contributed by atoms with E-state index >= 15 is 0 Å². The van der Waals surface area contributed by atoms with Gasteiger partial charge in [-0.2, -0.15) is 0 Å². The second kappa shape index (κ2) is 6.01. The standard InChI is InChI=1S/C12H18N2O5/c15-10-7(3-1-2-6-13-10)14-11(16)8-4-5-9(19-8)12(17)18/h7-9H,1-6H2,(H,13,15)(H,14,16)(H,17,18)/t7?,8-,9+/m0/s1. The quantitative estimate of drug-likeness (QED) is 0.635.